The van der Waals surface area contributed by atoms with E-state index in [4.69, 9.17) is 32.7 Å². The molecule has 7 heteroatoms. The van der Waals surface area contributed by atoms with Gasteiger partial charge in [0.15, 0.2) is 6.61 Å². The lowest BCUT2D eigenvalue weighted by Crippen LogP contribution is -2.35. The molecule has 0 aromatic heterocycles. The van der Waals surface area contributed by atoms with Crippen LogP contribution in [0.15, 0.2) is 42.5 Å². The Morgan fingerprint density at radius 3 is 2.76 bits per heavy atom. The molecule has 1 N–H and O–H groups in total. The number of ether oxygens (including phenoxy) is 2. The molecule has 0 saturated carbocycles. The zero-order valence-electron chi connectivity index (χ0n) is 13.1. The predicted molar refractivity (Wildman–Crippen MR) is 94.2 cm³/mol. The maximum atomic E-state index is 12.1. The summed E-state index contributed by atoms with van der Waals surface area (Å²) in [6, 6.07) is 11.8. The minimum absolute atomic E-state index is 0.166. The molecule has 1 atom stereocenters. The summed E-state index contributed by atoms with van der Waals surface area (Å²) < 4.78 is 10.6. The average molecular weight is 380 g/mol. The third kappa shape index (κ3) is 4.24. The van der Waals surface area contributed by atoms with E-state index in [0.29, 0.717) is 18.1 Å². The van der Waals surface area contributed by atoms with E-state index in [9.17, 15) is 9.59 Å². The summed E-state index contributed by atoms with van der Waals surface area (Å²) >= 11 is 11.7. The monoisotopic (exact) mass is 379 g/mol. The molecule has 130 valence electrons. The second kappa shape index (κ2) is 7.76. The van der Waals surface area contributed by atoms with E-state index >= 15 is 0 Å². The summed E-state index contributed by atoms with van der Waals surface area (Å²) in [6.07, 6.45) is 0.656. The summed E-state index contributed by atoms with van der Waals surface area (Å²) in [7, 11) is 0. The van der Waals surface area contributed by atoms with Crippen molar-refractivity contribution in [1.82, 2.24) is 5.32 Å². The zero-order valence-corrected chi connectivity index (χ0v) is 14.6. The predicted octanol–water partition coefficient (Wildman–Crippen LogP) is 3.79. The first-order chi connectivity index (χ1) is 12.0. The van der Waals surface area contributed by atoms with E-state index in [1.54, 1.807) is 0 Å². The summed E-state index contributed by atoms with van der Waals surface area (Å²) in [5.74, 6) is -0.261. The number of hydrogen-bond acceptors (Lipinski definition) is 4. The van der Waals surface area contributed by atoms with Crippen LogP contribution in [0.2, 0.25) is 10.0 Å². The lowest BCUT2D eigenvalue weighted by Gasteiger charge is -2.26. The van der Waals surface area contributed by atoms with Crippen molar-refractivity contribution in [3.8, 4) is 5.75 Å². The number of nitrogens with one attached hydrogen (secondary N) is 1. The van der Waals surface area contributed by atoms with E-state index < -0.39 is 5.97 Å². The molecule has 1 amide bonds. The maximum absolute atomic E-state index is 12.1. The Hall–Kier alpha value is -2.24. The molecule has 0 aliphatic carbocycles. The van der Waals surface area contributed by atoms with Gasteiger partial charge in [-0.05, 0) is 24.3 Å². The fraction of sp³-hybridized carbons (Fsp3) is 0.222. The number of benzene rings is 2. The average Bonchev–Trinajstić information content (AvgIpc) is 2.62. The van der Waals surface area contributed by atoms with Crippen LogP contribution in [0.1, 0.15) is 28.4 Å². The van der Waals surface area contributed by atoms with Crippen LogP contribution in [0.25, 0.3) is 0 Å². The lowest BCUT2D eigenvalue weighted by atomic mass is 10.0. The number of rotatable bonds is 4. The molecule has 0 radical (unpaired) electrons. The Morgan fingerprint density at radius 2 is 1.96 bits per heavy atom. The van der Waals surface area contributed by atoms with Crippen LogP contribution in [0.3, 0.4) is 0 Å². The Bertz CT molecular complexity index is 809. The highest BCUT2D eigenvalue weighted by Crippen LogP contribution is 2.31. The minimum Gasteiger partial charge on any atom is -0.493 e. The van der Waals surface area contributed by atoms with Crippen LogP contribution < -0.4 is 10.1 Å². The van der Waals surface area contributed by atoms with Gasteiger partial charge in [-0.2, -0.15) is 0 Å². The fourth-order valence-electron chi connectivity index (χ4n) is 2.57. The quantitative estimate of drug-likeness (QED) is 0.820. The smallest absolute Gasteiger partial charge is 0.338 e. The third-order valence-electron chi connectivity index (χ3n) is 3.78. The third-order valence-corrected chi connectivity index (χ3v) is 4.52. The van der Waals surface area contributed by atoms with Crippen LogP contribution >= 0.6 is 23.2 Å². The number of carbonyl (C=O) groups excluding carboxylic acids is 2. The summed E-state index contributed by atoms with van der Waals surface area (Å²) in [5, 5.41) is 3.45. The van der Waals surface area contributed by atoms with Gasteiger partial charge in [0.1, 0.15) is 5.75 Å². The molecule has 1 aliphatic heterocycles. The number of carbonyl (C=O) groups is 2. The topological polar surface area (TPSA) is 64.6 Å². The molecule has 0 spiro atoms. The summed E-state index contributed by atoms with van der Waals surface area (Å²) in [6.45, 7) is 0.142. The number of hydrogen-bond donors (Lipinski definition) is 1. The van der Waals surface area contributed by atoms with Gasteiger partial charge >= 0.3 is 5.97 Å². The van der Waals surface area contributed by atoms with Crippen LogP contribution in [-0.2, 0) is 9.53 Å². The largest absolute Gasteiger partial charge is 0.493 e. The molecule has 0 bridgehead atoms. The van der Waals surface area contributed by atoms with E-state index in [1.165, 1.54) is 18.2 Å². The number of para-hydroxylation sites is 1. The Morgan fingerprint density at radius 1 is 1.16 bits per heavy atom. The lowest BCUT2D eigenvalue weighted by molar-refractivity contribution is -0.125. The van der Waals surface area contributed by atoms with Gasteiger partial charge in [-0.3, -0.25) is 4.79 Å². The van der Waals surface area contributed by atoms with E-state index in [-0.39, 0.29) is 29.1 Å². The second-order valence-corrected chi connectivity index (χ2v) is 6.31. The SMILES string of the molecule is O=C(COC(=O)c1ccc(Cl)c(Cl)c1)N[C@@H]1CCOc2ccccc21. The molecule has 2 aromatic rings. The fourth-order valence-corrected chi connectivity index (χ4v) is 2.86. The van der Waals surface area contributed by atoms with Crippen LogP contribution in [0, 0.1) is 0 Å². The van der Waals surface area contributed by atoms with Crippen LogP contribution in [-0.4, -0.2) is 25.1 Å². The Labute approximate surface area is 154 Å². The van der Waals surface area contributed by atoms with E-state index in [1.807, 2.05) is 24.3 Å². The van der Waals surface area contributed by atoms with Gasteiger partial charge in [0.25, 0.3) is 5.91 Å². The first kappa shape index (κ1) is 17.6. The molecule has 0 saturated heterocycles. The van der Waals surface area contributed by atoms with Gasteiger partial charge in [0.05, 0.1) is 28.3 Å². The maximum Gasteiger partial charge on any atom is 0.338 e. The van der Waals surface area contributed by atoms with Gasteiger partial charge in [-0.25, -0.2) is 4.79 Å². The molecular formula is C18H15Cl2NO4. The number of halogens is 2. The Kier molecular flexibility index (Phi) is 5.46. The minimum atomic E-state index is -0.638. The zero-order chi connectivity index (χ0) is 17.8. The van der Waals surface area contributed by atoms with E-state index in [2.05, 4.69) is 5.32 Å². The standard InChI is InChI=1S/C18H15Cl2NO4/c19-13-6-5-11(9-14(13)20)18(23)25-10-17(22)21-15-7-8-24-16-4-2-1-3-12(15)16/h1-6,9,15H,7-8,10H2,(H,21,22)/t15-/m1/s1. The normalized spacial score (nSPS) is 15.7. The highest BCUT2D eigenvalue weighted by atomic mass is 35.5. The van der Waals surface area contributed by atoms with Crippen LogP contribution in [0.4, 0.5) is 0 Å². The molecule has 2 aromatic carbocycles. The molecule has 0 fully saturated rings. The molecule has 1 heterocycles. The van der Waals surface area contributed by atoms with Gasteiger partial charge in [0.2, 0.25) is 0 Å². The van der Waals surface area contributed by atoms with Crippen molar-refractivity contribution >= 4 is 35.1 Å². The first-order valence-corrected chi connectivity index (χ1v) is 8.43. The molecule has 3 rings (SSSR count). The molecule has 0 unspecified atom stereocenters. The van der Waals surface area contributed by atoms with Crippen molar-refractivity contribution in [2.24, 2.45) is 0 Å². The second-order valence-electron chi connectivity index (χ2n) is 5.50. The number of fused-ring (bicyclic) bond motifs is 1. The first-order valence-electron chi connectivity index (χ1n) is 7.68. The van der Waals surface area contributed by atoms with Gasteiger partial charge in [-0.1, -0.05) is 41.4 Å². The highest BCUT2D eigenvalue weighted by Gasteiger charge is 2.23. The van der Waals surface area contributed by atoms with Crippen molar-refractivity contribution in [2.45, 2.75) is 12.5 Å². The molecule has 1 aliphatic rings. The van der Waals surface area contributed by atoms with Gasteiger partial charge < -0.3 is 14.8 Å². The number of esters is 1. The van der Waals surface area contributed by atoms with Crippen molar-refractivity contribution in [1.29, 1.82) is 0 Å². The summed E-state index contributed by atoms with van der Waals surface area (Å²) in [4.78, 5) is 24.1. The van der Waals surface area contributed by atoms with Crippen molar-refractivity contribution < 1.29 is 19.1 Å². The number of amides is 1. The van der Waals surface area contributed by atoms with Gasteiger partial charge in [0, 0.05) is 12.0 Å². The van der Waals surface area contributed by atoms with Crippen molar-refractivity contribution in [3.63, 3.8) is 0 Å². The van der Waals surface area contributed by atoms with Crippen molar-refractivity contribution in [2.75, 3.05) is 13.2 Å². The van der Waals surface area contributed by atoms with E-state index in [0.717, 1.165) is 11.3 Å². The summed E-state index contributed by atoms with van der Waals surface area (Å²) in [5.41, 5.74) is 1.15. The van der Waals surface area contributed by atoms with Crippen LogP contribution in [0.5, 0.6) is 5.75 Å². The highest BCUT2D eigenvalue weighted by molar-refractivity contribution is 6.42. The molecule has 25 heavy (non-hydrogen) atoms. The Balaban J connectivity index is 1.57. The van der Waals surface area contributed by atoms with Crippen molar-refractivity contribution in [3.05, 3.63) is 63.6 Å². The van der Waals surface area contributed by atoms with Gasteiger partial charge in [-0.15, -0.1) is 0 Å². The molecule has 5 nitrogen and oxygen atoms in total. The molecular weight excluding hydrogens is 365 g/mol.